The van der Waals surface area contributed by atoms with Gasteiger partial charge in [0.15, 0.2) is 12.4 Å². The number of benzene rings is 3. The topological polar surface area (TPSA) is 72.2 Å². The fourth-order valence-corrected chi connectivity index (χ4v) is 4.20. The van der Waals surface area contributed by atoms with Crippen LogP contribution in [0.25, 0.3) is 22.9 Å². The largest absolute Gasteiger partial charge is 0.497 e. The predicted molar refractivity (Wildman–Crippen MR) is 140 cm³/mol. The molecule has 0 spiro atoms. The molecule has 0 atom stereocenters. The van der Waals surface area contributed by atoms with Crippen molar-refractivity contribution in [2.75, 3.05) is 13.7 Å². The second kappa shape index (κ2) is 10.8. The molecule has 1 aromatic heterocycles. The summed E-state index contributed by atoms with van der Waals surface area (Å²) in [6.07, 6.45) is 1.80. The first kappa shape index (κ1) is 23.9. The third-order valence-corrected chi connectivity index (χ3v) is 6.51. The molecule has 0 unspecified atom stereocenters. The Balaban J connectivity index is 1.42. The van der Waals surface area contributed by atoms with Crippen LogP contribution in [0, 0.1) is 25.2 Å². The molecule has 0 saturated heterocycles. The first-order valence-electron chi connectivity index (χ1n) is 11.0. The average molecular weight is 481 g/mol. The van der Waals surface area contributed by atoms with E-state index in [-0.39, 0.29) is 12.4 Å². The van der Waals surface area contributed by atoms with Crippen LogP contribution in [0.2, 0.25) is 0 Å². The van der Waals surface area contributed by atoms with E-state index < -0.39 is 0 Å². The van der Waals surface area contributed by atoms with Gasteiger partial charge in [-0.25, -0.2) is 4.98 Å². The average Bonchev–Trinajstić information content (AvgIpc) is 3.38. The first-order chi connectivity index (χ1) is 17.0. The van der Waals surface area contributed by atoms with Gasteiger partial charge >= 0.3 is 0 Å². The highest BCUT2D eigenvalue weighted by Gasteiger charge is 2.11. The first-order valence-corrected chi connectivity index (χ1v) is 11.9. The monoisotopic (exact) mass is 480 g/mol. The molecule has 0 bridgehead atoms. The Morgan fingerprint density at radius 1 is 1.00 bits per heavy atom. The molecule has 0 aliphatic carbocycles. The number of thiazole rings is 1. The Bertz CT molecular complexity index is 1410. The highest BCUT2D eigenvalue weighted by atomic mass is 32.1. The van der Waals surface area contributed by atoms with Crippen molar-refractivity contribution < 1.29 is 14.3 Å². The molecule has 0 N–H and O–H groups in total. The third-order valence-electron chi connectivity index (χ3n) is 5.63. The maximum atomic E-state index is 12.3. The Kier molecular flexibility index (Phi) is 7.39. The molecule has 3 aromatic carbocycles. The van der Waals surface area contributed by atoms with Gasteiger partial charge in [-0.3, -0.25) is 4.79 Å². The van der Waals surface area contributed by atoms with Crippen LogP contribution in [0.1, 0.15) is 32.1 Å². The smallest absolute Gasteiger partial charge is 0.200 e. The van der Waals surface area contributed by atoms with E-state index in [9.17, 15) is 10.1 Å². The lowest BCUT2D eigenvalue weighted by atomic mass is 10.1. The molecule has 0 aliphatic rings. The standard InChI is InChI=1S/C29H24N2O3S/c1-19-4-7-23(14-20(19)2)27-18-35-29(31-27)24(16-30)15-21-5-10-26(11-6-21)34-17-28(32)22-8-12-25(33-3)13-9-22/h4-15,18H,17H2,1-3H3/b24-15+. The number of hydrogen-bond donors (Lipinski definition) is 0. The summed E-state index contributed by atoms with van der Waals surface area (Å²) in [4.78, 5) is 17.0. The van der Waals surface area contributed by atoms with Gasteiger partial charge in [0, 0.05) is 16.5 Å². The van der Waals surface area contributed by atoms with Crippen molar-refractivity contribution in [3.63, 3.8) is 0 Å². The molecule has 0 radical (unpaired) electrons. The van der Waals surface area contributed by atoms with Crippen molar-refractivity contribution >= 4 is 28.8 Å². The van der Waals surface area contributed by atoms with Gasteiger partial charge in [-0.1, -0.05) is 24.3 Å². The quantitative estimate of drug-likeness (QED) is 0.206. The molecule has 0 aliphatic heterocycles. The minimum absolute atomic E-state index is 0.0641. The Morgan fingerprint density at radius 3 is 2.37 bits per heavy atom. The summed E-state index contributed by atoms with van der Waals surface area (Å²) < 4.78 is 10.8. The lowest BCUT2D eigenvalue weighted by molar-refractivity contribution is 0.0921. The van der Waals surface area contributed by atoms with Gasteiger partial charge in [0.1, 0.15) is 22.6 Å². The van der Waals surface area contributed by atoms with Gasteiger partial charge in [-0.05, 0) is 79.1 Å². The molecule has 4 rings (SSSR count). The predicted octanol–water partition coefficient (Wildman–Crippen LogP) is 6.76. The van der Waals surface area contributed by atoms with Crippen LogP contribution in [-0.4, -0.2) is 24.5 Å². The number of carbonyl (C=O) groups excluding carboxylic acids is 1. The second-order valence-electron chi connectivity index (χ2n) is 8.02. The van der Waals surface area contributed by atoms with E-state index in [0.717, 1.165) is 16.8 Å². The van der Waals surface area contributed by atoms with Gasteiger partial charge < -0.3 is 9.47 Å². The van der Waals surface area contributed by atoms with Crippen molar-refractivity contribution in [1.29, 1.82) is 5.26 Å². The summed E-state index contributed by atoms with van der Waals surface area (Å²) in [6, 6.07) is 22.7. The molecule has 1 heterocycles. The van der Waals surface area contributed by atoms with E-state index in [1.165, 1.54) is 22.5 Å². The summed E-state index contributed by atoms with van der Waals surface area (Å²) in [7, 11) is 1.58. The van der Waals surface area contributed by atoms with Gasteiger partial charge in [0.25, 0.3) is 0 Å². The van der Waals surface area contributed by atoms with Crippen molar-refractivity contribution in [3.8, 4) is 28.8 Å². The number of Topliss-reactive ketones (excluding diaryl/α,β-unsaturated/α-hetero) is 1. The van der Waals surface area contributed by atoms with Crippen LogP contribution in [0.4, 0.5) is 0 Å². The van der Waals surface area contributed by atoms with Gasteiger partial charge in [0.2, 0.25) is 0 Å². The fraction of sp³-hybridized carbons (Fsp3) is 0.138. The number of aromatic nitrogens is 1. The van der Waals surface area contributed by atoms with Gasteiger partial charge in [0.05, 0.1) is 18.4 Å². The molecule has 174 valence electrons. The number of nitriles is 1. The number of rotatable bonds is 8. The van der Waals surface area contributed by atoms with E-state index in [4.69, 9.17) is 9.47 Å². The van der Waals surface area contributed by atoms with Crippen LogP contribution in [0.5, 0.6) is 11.5 Å². The van der Waals surface area contributed by atoms with Gasteiger partial charge in [-0.2, -0.15) is 5.26 Å². The van der Waals surface area contributed by atoms with E-state index in [0.29, 0.717) is 27.6 Å². The summed E-state index contributed by atoms with van der Waals surface area (Å²) >= 11 is 1.45. The highest BCUT2D eigenvalue weighted by Crippen LogP contribution is 2.28. The van der Waals surface area contributed by atoms with Crippen LogP contribution < -0.4 is 9.47 Å². The van der Waals surface area contributed by atoms with Crippen LogP contribution in [0.3, 0.4) is 0 Å². The summed E-state index contributed by atoms with van der Waals surface area (Å²) in [5.41, 5.74) is 6.25. The lowest BCUT2D eigenvalue weighted by Gasteiger charge is -2.07. The Morgan fingerprint density at radius 2 is 1.71 bits per heavy atom. The minimum atomic E-state index is -0.119. The summed E-state index contributed by atoms with van der Waals surface area (Å²) in [6.45, 7) is 4.09. The third kappa shape index (κ3) is 5.84. The summed E-state index contributed by atoms with van der Waals surface area (Å²) in [5.74, 6) is 1.16. The maximum absolute atomic E-state index is 12.3. The number of hydrogen-bond acceptors (Lipinski definition) is 6. The van der Waals surface area contributed by atoms with E-state index >= 15 is 0 Å². The molecule has 6 heteroatoms. The number of nitrogens with zero attached hydrogens (tertiary/aromatic N) is 2. The van der Waals surface area contributed by atoms with Gasteiger partial charge in [-0.15, -0.1) is 11.3 Å². The van der Waals surface area contributed by atoms with Crippen molar-refractivity contribution in [1.82, 2.24) is 4.98 Å². The molecular weight excluding hydrogens is 456 g/mol. The van der Waals surface area contributed by atoms with Crippen molar-refractivity contribution in [2.45, 2.75) is 13.8 Å². The molecule has 0 saturated carbocycles. The number of carbonyl (C=O) groups is 1. The number of ether oxygens (including phenoxy) is 2. The Hall–Kier alpha value is -4.21. The Labute approximate surface area is 208 Å². The zero-order chi connectivity index (χ0) is 24.8. The van der Waals surface area contributed by atoms with Crippen LogP contribution in [-0.2, 0) is 0 Å². The lowest BCUT2D eigenvalue weighted by Crippen LogP contribution is -2.11. The molecule has 0 amide bonds. The highest BCUT2D eigenvalue weighted by molar-refractivity contribution is 7.11. The molecule has 35 heavy (non-hydrogen) atoms. The maximum Gasteiger partial charge on any atom is 0.200 e. The van der Waals surface area contributed by atoms with E-state index in [1.807, 2.05) is 17.5 Å². The summed E-state index contributed by atoms with van der Waals surface area (Å²) in [5, 5.41) is 12.4. The number of methoxy groups -OCH3 is 1. The van der Waals surface area contributed by atoms with Crippen molar-refractivity contribution in [2.24, 2.45) is 0 Å². The molecule has 0 fully saturated rings. The number of ketones is 1. The zero-order valence-electron chi connectivity index (χ0n) is 19.7. The zero-order valence-corrected chi connectivity index (χ0v) is 20.6. The van der Waals surface area contributed by atoms with E-state index in [1.54, 1.807) is 49.6 Å². The van der Waals surface area contributed by atoms with E-state index in [2.05, 4.69) is 43.1 Å². The SMILES string of the molecule is COc1ccc(C(=O)COc2ccc(/C=C(\C#N)c3nc(-c4ccc(C)c(C)c4)cs3)cc2)cc1. The number of allylic oxidation sites excluding steroid dienone is 1. The fourth-order valence-electron chi connectivity index (χ4n) is 3.41. The van der Waals surface area contributed by atoms with Crippen LogP contribution in [0.15, 0.2) is 72.1 Å². The van der Waals surface area contributed by atoms with Crippen molar-refractivity contribution in [3.05, 3.63) is 99.4 Å². The minimum Gasteiger partial charge on any atom is -0.497 e. The molecular formula is C29H24N2O3S. The van der Waals surface area contributed by atoms with Crippen LogP contribution >= 0.6 is 11.3 Å². The molecule has 5 nitrogen and oxygen atoms in total. The normalized spacial score (nSPS) is 11.1. The number of aryl methyl sites for hydroxylation is 2. The second-order valence-corrected chi connectivity index (χ2v) is 8.87. The molecule has 4 aromatic rings.